The molecule has 6 nitrogen and oxygen atoms in total. The average molecular weight is 383 g/mol. The lowest BCUT2D eigenvalue weighted by Gasteiger charge is -2.33. The maximum Gasteiger partial charge on any atom is 0.179 e. The van der Waals surface area contributed by atoms with Crippen molar-refractivity contribution >= 4 is 11.6 Å². The summed E-state index contributed by atoms with van der Waals surface area (Å²) in [5.41, 5.74) is 0.750. The van der Waals surface area contributed by atoms with Crippen LogP contribution < -0.4 is 20.1 Å². The van der Waals surface area contributed by atoms with Crippen molar-refractivity contribution in [2.24, 2.45) is 5.92 Å². The number of halogens is 1. The molecule has 4 rings (SSSR count). The Hall–Kier alpha value is -1.05. The van der Waals surface area contributed by atoms with Crippen LogP contribution in [0.3, 0.4) is 0 Å². The molecule has 1 aromatic rings. The highest BCUT2D eigenvalue weighted by Gasteiger charge is 2.34. The Morgan fingerprint density at radius 1 is 1.23 bits per heavy atom. The van der Waals surface area contributed by atoms with Gasteiger partial charge in [-0.3, -0.25) is 0 Å². The van der Waals surface area contributed by atoms with E-state index in [9.17, 15) is 5.11 Å². The fourth-order valence-electron chi connectivity index (χ4n) is 4.29. The van der Waals surface area contributed by atoms with Crippen molar-refractivity contribution in [2.45, 2.75) is 37.5 Å². The van der Waals surface area contributed by atoms with Crippen molar-refractivity contribution in [1.82, 2.24) is 10.6 Å². The van der Waals surface area contributed by atoms with Gasteiger partial charge in [0.05, 0.1) is 24.3 Å². The van der Waals surface area contributed by atoms with Crippen LogP contribution in [0.5, 0.6) is 11.5 Å². The van der Waals surface area contributed by atoms with Crippen LogP contribution in [0, 0.1) is 5.92 Å². The monoisotopic (exact) mass is 382 g/mol. The fraction of sp³-hybridized carbons (Fsp3) is 0.684. The molecule has 3 aliphatic rings. The van der Waals surface area contributed by atoms with Gasteiger partial charge in [0.1, 0.15) is 13.2 Å². The minimum atomic E-state index is -0.639. The lowest BCUT2D eigenvalue weighted by atomic mass is 9.93. The lowest BCUT2D eigenvalue weighted by Crippen LogP contribution is -2.51. The molecule has 3 N–H and O–H groups in total. The summed E-state index contributed by atoms with van der Waals surface area (Å²) in [5.74, 6) is 1.73. The van der Waals surface area contributed by atoms with Gasteiger partial charge >= 0.3 is 0 Å². The van der Waals surface area contributed by atoms with Crippen LogP contribution in [0.15, 0.2) is 12.1 Å². The minimum absolute atomic E-state index is 0.400. The zero-order chi connectivity index (χ0) is 17.9. The second-order valence-electron chi connectivity index (χ2n) is 7.29. The van der Waals surface area contributed by atoms with Gasteiger partial charge in [0, 0.05) is 25.2 Å². The van der Waals surface area contributed by atoms with E-state index in [-0.39, 0.29) is 0 Å². The van der Waals surface area contributed by atoms with Gasteiger partial charge in [0.25, 0.3) is 0 Å². The molecule has 0 bridgehead atoms. The van der Waals surface area contributed by atoms with Crippen molar-refractivity contribution in [2.75, 3.05) is 39.5 Å². The molecule has 144 valence electrons. The molecular formula is C19H27ClN2O4. The molecule has 4 unspecified atom stereocenters. The third-order valence-corrected chi connectivity index (χ3v) is 5.89. The fourth-order valence-corrected chi connectivity index (χ4v) is 4.56. The first kappa shape index (κ1) is 18.3. The van der Waals surface area contributed by atoms with E-state index in [0.717, 1.165) is 31.7 Å². The number of hydrogen-bond acceptors (Lipinski definition) is 6. The van der Waals surface area contributed by atoms with Gasteiger partial charge in [-0.2, -0.15) is 0 Å². The Morgan fingerprint density at radius 2 is 2.12 bits per heavy atom. The molecule has 2 heterocycles. The Kier molecular flexibility index (Phi) is 5.86. The van der Waals surface area contributed by atoms with Crippen LogP contribution >= 0.6 is 11.6 Å². The maximum atomic E-state index is 10.6. The van der Waals surface area contributed by atoms with Crippen LogP contribution in [0.2, 0.25) is 5.02 Å². The molecule has 7 heteroatoms. The molecule has 2 fully saturated rings. The van der Waals surface area contributed by atoms with Crippen LogP contribution in [-0.4, -0.2) is 56.7 Å². The SMILES string of the molecule is OC(CNC1CCCC1C1COCCN1)c1cc(Cl)c2c(c1)OCCO2. The predicted octanol–water partition coefficient (Wildman–Crippen LogP) is 1.89. The topological polar surface area (TPSA) is 72.0 Å². The van der Waals surface area contributed by atoms with E-state index < -0.39 is 6.10 Å². The normalized spacial score (nSPS) is 29.5. The number of benzene rings is 1. The summed E-state index contributed by atoms with van der Waals surface area (Å²) in [5, 5.41) is 18.3. The van der Waals surface area contributed by atoms with E-state index in [1.165, 1.54) is 12.8 Å². The third-order valence-electron chi connectivity index (χ3n) is 5.61. The van der Waals surface area contributed by atoms with Gasteiger partial charge in [-0.1, -0.05) is 18.0 Å². The van der Waals surface area contributed by atoms with E-state index in [4.69, 9.17) is 25.8 Å². The van der Waals surface area contributed by atoms with E-state index >= 15 is 0 Å². The number of aliphatic hydroxyl groups excluding tert-OH is 1. The molecule has 0 amide bonds. The highest BCUT2D eigenvalue weighted by Crippen LogP contribution is 2.39. The summed E-state index contributed by atoms with van der Waals surface area (Å²) >= 11 is 6.28. The first-order chi connectivity index (χ1) is 12.7. The zero-order valence-corrected chi connectivity index (χ0v) is 15.6. The summed E-state index contributed by atoms with van der Waals surface area (Å²) in [6.07, 6.45) is 2.91. The smallest absolute Gasteiger partial charge is 0.179 e. The first-order valence-corrected chi connectivity index (χ1v) is 9.92. The average Bonchev–Trinajstić information content (AvgIpc) is 3.15. The van der Waals surface area contributed by atoms with Crippen molar-refractivity contribution in [3.63, 3.8) is 0 Å². The van der Waals surface area contributed by atoms with Gasteiger partial charge < -0.3 is 30.0 Å². The van der Waals surface area contributed by atoms with Gasteiger partial charge in [0.2, 0.25) is 0 Å². The Morgan fingerprint density at radius 3 is 2.96 bits per heavy atom. The quantitative estimate of drug-likeness (QED) is 0.722. The largest absolute Gasteiger partial charge is 0.486 e. The predicted molar refractivity (Wildman–Crippen MR) is 99.1 cm³/mol. The number of fused-ring (bicyclic) bond motifs is 1. The highest BCUT2D eigenvalue weighted by atomic mass is 35.5. The Labute approximate surface area is 159 Å². The highest BCUT2D eigenvalue weighted by molar-refractivity contribution is 6.32. The molecule has 0 radical (unpaired) electrons. The molecule has 1 saturated carbocycles. The van der Waals surface area contributed by atoms with Crippen LogP contribution in [0.1, 0.15) is 30.9 Å². The summed E-state index contributed by atoms with van der Waals surface area (Å²) in [4.78, 5) is 0. The molecule has 0 spiro atoms. The van der Waals surface area contributed by atoms with E-state index in [1.807, 2.05) is 6.07 Å². The van der Waals surface area contributed by atoms with Crippen LogP contribution in [-0.2, 0) is 4.74 Å². The maximum absolute atomic E-state index is 10.6. The summed E-state index contributed by atoms with van der Waals surface area (Å²) in [7, 11) is 0. The molecule has 1 aromatic carbocycles. The molecular weight excluding hydrogens is 356 g/mol. The number of aliphatic hydroxyl groups is 1. The Bertz CT molecular complexity index is 624. The van der Waals surface area contributed by atoms with Gasteiger partial charge in [-0.05, 0) is 36.5 Å². The second-order valence-corrected chi connectivity index (χ2v) is 7.69. The summed E-state index contributed by atoms with van der Waals surface area (Å²) < 4.78 is 16.8. The number of hydrogen-bond donors (Lipinski definition) is 3. The number of morpholine rings is 1. The zero-order valence-electron chi connectivity index (χ0n) is 14.9. The van der Waals surface area contributed by atoms with Crippen molar-refractivity contribution in [3.05, 3.63) is 22.7 Å². The lowest BCUT2D eigenvalue weighted by molar-refractivity contribution is 0.0512. The molecule has 1 aliphatic carbocycles. The number of ether oxygens (including phenoxy) is 3. The Balaban J connectivity index is 1.37. The van der Waals surface area contributed by atoms with E-state index in [0.29, 0.717) is 54.3 Å². The molecule has 2 aliphatic heterocycles. The van der Waals surface area contributed by atoms with Gasteiger partial charge in [0.15, 0.2) is 11.5 Å². The van der Waals surface area contributed by atoms with Crippen molar-refractivity contribution in [1.29, 1.82) is 0 Å². The van der Waals surface area contributed by atoms with E-state index in [2.05, 4.69) is 10.6 Å². The minimum Gasteiger partial charge on any atom is -0.486 e. The van der Waals surface area contributed by atoms with Crippen molar-refractivity contribution < 1.29 is 19.3 Å². The molecule has 0 aromatic heterocycles. The van der Waals surface area contributed by atoms with E-state index in [1.54, 1.807) is 6.07 Å². The molecule has 1 saturated heterocycles. The molecule has 4 atom stereocenters. The number of nitrogens with one attached hydrogen (secondary N) is 2. The second kappa shape index (κ2) is 8.31. The number of rotatable bonds is 5. The molecule has 26 heavy (non-hydrogen) atoms. The van der Waals surface area contributed by atoms with Crippen LogP contribution in [0.4, 0.5) is 0 Å². The summed E-state index contributed by atoms with van der Waals surface area (Å²) in [6.45, 7) is 3.99. The standard InChI is InChI=1S/C19H27ClN2O4/c20-14-8-12(9-18-19(14)26-7-6-25-18)17(23)10-22-15-3-1-2-13(15)16-11-24-5-4-21-16/h8-9,13,15-17,21-23H,1-7,10-11H2. The van der Waals surface area contributed by atoms with Crippen LogP contribution in [0.25, 0.3) is 0 Å². The van der Waals surface area contributed by atoms with Crippen molar-refractivity contribution in [3.8, 4) is 11.5 Å². The third kappa shape index (κ3) is 3.94. The summed E-state index contributed by atoms with van der Waals surface area (Å²) in [6, 6.07) is 4.40. The first-order valence-electron chi connectivity index (χ1n) is 9.54. The van der Waals surface area contributed by atoms with Gasteiger partial charge in [-0.15, -0.1) is 0 Å². The van der Waals surface area contributed by atoms with Gasteiger partial charge in [-0.25, -0.2) is 0 Å².